The molecule has 0 radical (unpaired) electrons. The number of rotatable bonds is 9. The Morgan fingerprint density at radius 1 is 0.892 bits per heavy atom. The SMILES string of the molecule is CCCCCOc1ccc(OC(=O)c2ccc(-c3ccc(C4CCC(C)CC4)c(F)c3F)cc2)c(F)c1. The van der Waals surface area contributed by atoms with Crippen molar-refractivity contribution < 1.29 is 27.4 Å². The predicted octanol–water partition coefficient (Wildman–Crippen LogP) is 8.85. The molecule has 4 rings (SSSR count). The van der Waals surface area contributed by atoms with E-state index in [1.54, 1.807) is 18.2 Å². The lowest BCUT2D eigenvalue weighted by atomic mass is 9.79. The highest BCUT2D eigenvalue weighted by atomic mass is 19.2. The maximum atomic E-state index is 15.0. The summed E-state index contributed by atoms with van der Waals surface area (Å²) in [7, 11) is 0. The van der Waals surface area contributed by atoms with Gasteiger partial charge in [0.05, 0.1) is 12.2 Å². The highest BCUT2D eigenvalue weighted by Gasteiger charge is 2.25. The minimum Gasteiger partial charge on any atom is -0.493 e. The number of hydrogen-bond donors (Lipinski definition) is 0. The Kier molecular flexibility index (Phi) is 8.91. The molecule has 196 valence electrons. The number of benzene rings is 3. The number of ether oxygens (including phenoxy) is 2. The molecule has 0 aliphatic heterocycles. The first kappa shape index (κ1) is 26.8. The van der Waals surface area contributed by atoms with Gasteiger partial charge in [0, 0.05) is 11.6 Å². The third-order valence-corrected chi connectivity index (χ3v) is 7.12. The third-order valence-electron chi connectivity index (χ3n) is 7.12. The molecule has 1 saturated carbocycles. The first-order valence-electron chi connectivity index (χ1n) is 13.1. The van der Waals surface area contributed by atoms with Gasteiger partial charge in [-0.3, -0.25) is 0 Å². The van der Waals surface area contributed by atoms with Crippen LogP contribution in [0.1, 0.15) is 80.6 Å². The van der Waals surface area contributed by atoms with Crippen LogP contribution in [-0.4, -0.2) is 12.6 Å². The Morgan fingerprint density at radius 3 is 2.30 bits per heavy atom. The Balaban J connectivity index is 1.42. The molecule has 0 aromatic heterocycles. The van der Waals surface area contributed by atoms with Crippen LogP contribution in [0.3, 0.4) is 0 Å². The van der Waals surface area contributed by atoms with Crippen molar-refractivity contribution in [2.45, 2.75) is 64.7 Å². The van der Waals surface area contributed by atoms with E-state index in [4.69, 9.17) is 9.47 Å². The molecule has 0 saturated heterocycles. The van der Waals surface area contributed by atoms with E-state index >= 15 is 4.39 Å². The van der Waals surface area contributed by atoms with Crippen molar-refractivity contribution in [2.75, 3.05) is 6.61 Å². The van der Waals surface area contributed by atoms with Crippen molar-refractivity contribution in [3.05, 3.63) is 83.2 Å². The molecule has 1 aliphatic rings. The van der Waals surface area contributed by atoms with Crippen molar-refractivity contribution in [1.29, 1.82) is 0 Å². The molecule has 0 N–H and O–H groups in total. The molecule has 3 nitrogen and oxygen atoms in total. The van der Waals surface area contributed by atoms with Crippen LogP contribution < -0.4 is 9.47 Å². The molecule has 0 heterocycles. The van der Waals surface area contributed by atoms with Crippen molar-refractivity contribution in [2.24, 2.45) is 5.92 Å². The van der Waals surface area contributed by atoms with E-state index in [2.05, 4.69) is 13.8 Å². The molecule has 6 heteroatoms. The summed E-state index contributed by atoms with van der Waals surface area (Å²) in [5.41, 5.74) is 1.17. The Bertz CT molecular complexity index is 1220. The Hall–Kier alpha value is -3.28. The van der Waals surface area contributed by atoms with Gasteiger partial charge in [0.1, 0.15) is 5.75 Å². The van der Waals surface area contributed by atoms with E-state index in [1.165, 1.54) is 36.4 Å². The number of carbonyl (C=O) groups is 1. The van der Waals surface area contributed by atoms with Gasteiger partial charge >= 0.3 is 5.97 Å². The standard InChI is InChI=1S/C31H33F3O3/c1-3-4-5-18-36-24-14-17-28(27(32)19-24)37-31(35)23-12-10-22(11-13-23)26-16-15-25(29(33)30(26)34)21-8-6-20(2)7-9-21/h10-17,19-21H,3-9,18H2,1-2H3. The molecule has 1 fully saturated rings. The topological polar surface area (TPSA) is 35.5 Å². The zero-order valence-corrected chi connectivity index (χ0v) is 21.4. The summed E-state index contributed by atoms with van der Waals surface area (Å²) in [5.74, 6) is -2.32. The zero-order chi connectivity index (χ0) is 26.4. The highest BCUT2D eigenvalue weighted by molar-refractivity contribution is 5.91. The molecular formula is C31H33F3O3. The summed E-state index contributed by atoms with van der Waals surface area (Å²) in [4.78, 5) is 12.6. The average Bonchev–Trinajstić information content (AvgIpc) is 2.90. The van der Waals surface area contributed by atoms with Gasteiger partial charge in [-0.15, -0.1) is 0 Å². The monoisotopic (exact) mass is 510 g/mol. The molecule has 0 atom stereocenters. The molecule has 0 spiro atoms. The van der Waals surface area contributed by atoms with Gasteiger partial charge in [0.25, 0.3) is 0 Å². The van der Waals surface area contributed by atoms with Crippen molar-refractivity contribution in [3.8, 4) is 22.6 Å². The van der Waals surface area contributed by atoms with Crippen molar-refractivity contribution in [1.82, 2.24) is 0 Å². The minimum absolute atomic E-state index is 0.0407. The average molecular weight is 511 g/mol. The lowest BCUT2D eigenvalue weighted by Crippen LogP contribution is -2.13. The summed E-state index contributed by atoms with van der Waals surface area (Å²) in [5, 5.41) is 0. The smallest absolute Gasteiger partial charge is 0.343 e. The second kappa shape index (κ2) is 12.3. The normalized spacial score (nSPS) is 17.4. The van der Waals surface area contributed by atoms with Crippen LogP contribution in [0, 0.1) is 23.4 Å². The number of esters is 1. The molecule has 1 aliphatic carbocycles. The van der Waals surface area contributed by atoms with E-state index in [0.29, 0.717) is 29.4 Å². The van der Waals surface area contributed by atoms with Gasteiger partial charge in [0.2, 0.25) is 0 Å². The Labute approximate surface area is 216 Å². The van der Waals surface area contributed by atoms with Gasteiger partial charge < -0.3 is 9.47 Å². The minimum atomic E-state index is -0.884. The first-order valence-corrected chi connectivity index (χ1v) is 13.1. The molecule has 3 aromatic carbocycles. The molecule has 37 heavy (non-hydrogen) atoms. The van der Waals surface area contributed by atoms with E-state index in [0.717, 1.165) is 44.9 Å². The van der Waals surface area contributed by atoms with Crippen molar-refractivity contribution in [3.63, 3.8) is 0 Å². The zero-order valence-electron chi connectivity index (χ0n) is 21.4. The number of hydrogen-bond acceptors (Lipinski definition) is 3. The van der Waals surface area contributed by atoms with Crippen LogP contribution in [0.2, 0.25) is 0 Å². The summed E-state index contributed by atoms with van der Waals surface area (Å²) < 4.78 is 55.1. The number of unbranched alkanes of at least 4 members (excludes halogenated alkanes) is 2. The van der Waals surface area contributed by atoms with E-state index < -0.39 is 23.4 Å². The van der Waals surface area contributed by atoms with Gasteiger partial charge in [-0.05, 0) is 66.5 Å². The van der Waals surface area contributed by atoms with E-state index in [1.807, 2.05) is 0 Å². The summed E-state index contributed by atoms with van der Waals surface area (Å²) >= 11 is 0. The molecule has 0 bridgehead atoms. The second-order valence-corrected chi connectivity index (χ2v) is 9.90. The van der Waals surface area contributed by atoms with Crippen LogP contribution in [0.25, 0.3) is 11.1 Å². The fraction of sp³-hybridized carbons (Fsp3) is 0.387. The Morgan fingerprint density at radius 2 is 1.62 bits per heavy atom. The van der Waals surface area contributed by atoms with Gasteiger partial charge in [-0.1, -0.05) is 63.8 Å². The second-order valence-electron chi connectivity index (χ2n) is 9.90. The first-order chi connectivity index (χ1) is 17.9. The highest BCUT2D eigenvalue weighted by Crippen LogP contribution is 2.38. The van der Waals surface area contributed by atoms with Crippen LogP contribution in [0.5, 0.6) is 11.5 Å². The molecular weight excluding hydrogens is 477 g/mol. The maximum absolute atomic E-state index is 15.0. The van der Waals surface area contributed by atoms with Crippen molar-refractivity contribution >= 4 is 5.97 Å². The summed E-state index contributed by atoms with van der Waals surface area (Å²) in [6, 6.07) is 13.3. The maximum Gasteiger partial charge on any atom is 0.343 e. The molecule has 0 amide bonds. The molecule has 0 unspecified atom stereocenters. The van der Waals surface area contributed by atoms with Gasteiger partial charge in [-0.2, -0.15) is 0 Å². The predicted molar refractivity (Wildman–Crippen MR) is 139 cm³/mol. The largest absolute Gasteiger partial charge is 0.493 e. The van der Waals surface area contributed by atoms with Gasteiger partial charge in [-0.25, -0.2) is 18.0 Å². The van der Waals surface area contributed by atoms with E-state index in [9.17, 15) is 13.6 Å². The van der Waals surface area contributed by atoms with Crippen LogP contribution in [0.15, 0.2) is 54.6 Å². The summed E-state index contributed by atoms with van der Waals surface area (Å²) in [6.07, 6.45) is 6.74. The van der Waals surface area contributed by atoms with E-state index in [-0.39, 0.29) is 22.8 Å². The molecule has 3 aromatic rings. The fourth-order valence-electron chi connectivity index (χ4n) is 4.81. The number of carbonyl (C=O) groups excluding carboxylic acids is 1. The van der Waals surface area contributed by atoms with Crippen LogP contribution in [-0.2, 0) is 0 Å². The summed E-state index contributed by atoms with van der Waals surface area (Å²) in [6.45, 7) is 4.77. The lowest BCUT2D eigenvalue weighted by Gasteiger charge is -2.27. The van der Waals surface area contributed by atoms with Crippen LogP contribution in [0.4, 0.5) is 13.2 Å². The van der Waals surface area contributed by atoms with Gasteiger partial charge in [0.15, 0.2) is 23.2 Å². The number of halogens is 3. The fourth-order valence-corrected chi connectivity index (χ4v) is 4.81. The third kappa shape index (κ3) is 6.54. The lowest BCUT2D eigenvalue weighted by molar-refractivity contribution is 0.0727. The van der Waals surface area contributed by atoms with Crippen LogP contribution >= 0.6 is 0 Å². The quantitative estimate of drug-likeness (QED) is 0.164.